The Kier molecular flexibility index (Phi) is 4.19. The molecule has 0 bridgehead atoms. The van der Waals surface area contributed by atoms with Crippen molar-refractivity contribution in [2.75, 3.05) is 12.8 Å². The Morgan fingerprint density at radius 1 is 1.24 bits per heavy atom. The van der Waals surface area contributed by atoms with Crippen molar-refractivity contribution in [2.45, 2.75) is 31.6 Å². The number of hydrogen-bond acceptors (Lipinski definition) is 6. The Morgan fingerprint density at radius 3 is 2.79 bits per heavy atom. The smallest absolute Gasteiger partial charge is 0.308 e. The number of carbonyl (C=O) groups is 1. The summed E-state index contributed by atoms with van der Waals surface area (Å²) in [5, 5.41) is 5.56. The van der Waals surface area contributed by atoms with E-state index in [9.17, 15) is 4.79 Å². The molecule has 4 aromatic rings. The molecule has 0 aliphatic heterocycles. The summed E-state index contributed by atoms with van der Waals surface area (Å²) in [7, 11) is 1.45. The number of methoxy groups -OCH3 is 1. The van der Waals surface area contributed by atoms with Crippen molar-refractivity contribution in [1.29, 1.82) is 0 Å². The summed E-state index contributed by atoms with van der Waals surface area (Å²) in [6.45, 7) is 0. The molecule has 8 heteroatoms. The number of aromatic nitrogens is 5. The number of H-pyrrole nitrogens is 1. The van der Waals surface area contributed by atoms with Crippen LogP contribution < -0.4 is 5.73 Å². The first-order valence-electron chi connectivity index (χ1n) is 9.80. The number of imidazole rings is 1. The molecule has 0 atom stereocenters. The van der Waals surface area contributed by atoms with Gasteiger partial charge >= 0.3 is 5.97 Å². The number of esters is 1. The fourth-order valence-electron chi connectivity index (χ4n) is 4.38. The predicted octanol–water partition coefficient (Wildman–Crippen LogP) is 3.30. The average Bonchev–Trinajstić information content (AvgIpc) is 3.35. The van der Waals surface area contributed by atoms with Crippen molar-refractivity contribution < 1.29 is 9.53 Å². The van der Waals surface area contributed by atoms with E-state index in [2.05, 4.69) is 27.2 Å². The lowest BCUT2D eigenvalue weighted by molar-refractivity contribution is -0.146. The number of carbonyl (C=O) groups excluding carboxylic acids is 1. The minimum atomic E-state index is -0.123. The third-order valence-electron chi connectivity index (χ3n) is 5.90. The highest BCUT2D eigenvalue weighted by Gasteiger charge is 2.31. The molecular formula is C21H22N6O2. The van der Waals surface area contributed by atoms with Crippen LogP contribution in [0, 0.1) is 5.92 Å². The topological polar surface area (TPSA) is 111 Å². The van der Waals surface area contributed by atoms with Gasteiger partial charge in [0.15, 0.2) is 5.82 Å². The number of ether oxygens (including phenoxy) is 1. The van der Waals surface area contributed by atoms with Crippen LogP contribution in [0.25, 0.3) is 27.8 Å². The lowest BCUT2D eigenvalue weighted by Crippen LogP contribution is -2.23. The molecule has 0 amide bonds. The molecule has 3 N–H and O–H groups in total. The van der Waals surface area contributed by atoms with Gasteiger partial charge in [-0.15, -0.1) is 0 Å². The van der Waals surface area contributed by atoms with Gasteiger partial charge in [-0.2, -0.15) is 5.10 Å². The number of nitrogens with zero attached hydrogens (tertiary/aromatic N) is 4. The van der Waals surface area contributed by atoms with Gasteiger partial charge in [0.25, 0.3) is 0 Å². The predicted molar refractivity (Wildman–Crippen MR) is 109 cm³/mol. The van der Waals surface area contributed by atoms with Crippen LogP contribution in [0.1, 0.15) is 37.4 Å². The molecule has 8 nitrogen and oxygen atoms in total. The van der Waals surface area contributed by atoms with E-state index in [0.29, 0.717) is 11.3 Å². The van der Waals surface area contributed by atoms with Crippen molar-refractivity contribution in [3.05, 3.63) is 42.5 Å². The largest absolute Gasteiger partial charge is 0.469 e. The third kappa shape index (κ3) is 2.91. The van der Waals surface area contributed by atoms with E-state index >= 15 is 0 Å². The molecule has 1 fully saturated rings. The standard InChI is InChI=1S/C21H22N6O2/c1-29-21(28)13-8-6-12(7-9-13)20-26-17(18-19(22)23-11-24-27(18)20)16-10-14-4-2-3-5-15(14)25-16/h2-5,10-13,25H,6-9H2,1H3,(H2,22,23,24)/t12-,13-. The van der Waals surface area contributed by atoms with Crippen LogP contribution in [0.2, 0.25) is 0 Å². The molecule has 3 heterocycles. The average molecular weight is 390 g/mol. The Hall–Kier alpha value is -3.42. The van der Waals surface area contributed by atoms with Gasteiger partial charge < -0.3 is 15.5 Å². The highest BCUT2D eigenvalue weighted by atomic mass is 16.5. The second kappa shape index (κ2) is 6.88. The van der Waals surface area contributed by atoms with E-state index in [-0.39, 0.29) is 17.8 Å². The highest BCUT2D eigenvalue weighted by Crippen LogP contribution is 2.38. The SMILES string of the molecule is COC(=O)[C@H]1CC[C@H](c2nc(-c3cc4ccccc4[nH]3)c3c(N)ncnn32)CC1. The molecular weight excluding hydrogens is 368 g/mol. The second-order valence-electron chi connectivity index (χ2n) is 7.57. The fraction of sp³-hybridized carbons (Fsp3) is 0.333. The van der Waals surface area contributed by atoms with Crippen molar-refractivity contribution in [3.63, 3.8) is 0 Å². The van der Waals surface area contributed by atoms with E-state index in [1.54, 1.807) is 0 Å². The zero-order valence-corrected chi connectivity index (χ0v) is 16.1. The molecule has 0 radical (unpaired) electrons. The summed E-state index contributed by atoms with van der Waals surface area (Å²) in [4.78, 5) is 24.4. The van der Waals surface area contributed by atoms with Gasteiger partial charge in [0.05, 0.1) is 18.7 Å². The van der Waals surface area contributed by atoms with Crippen molar-refractivity contribution in [1.82, 2.24) is 24.6 Å². The van der Waals surface area contributed by atoms with Gasteiger partial charge in [0.1, 0.15) is 23.4 Å². The number of nitrogens with one attached hydrogen (secondary N) is 1. The minimum absolute atomic E-state index is 0.0321. The van der Waals surface area contributed by atoms with E-state index in [1.165, 1.54) is 13.4 Å². The van der Waals surface area contributed by atoms with Gasteiger partial charge in [-0.3, -0.25) is 4.79 Å². The number of para-hydroxylation sites is 1. The van der Waals surface area contributed by atoms with Crippen LogP contribution in [0.5, 0.6) is 0 Å². The quantitative estimate of drug-likeness (QED) is 0.519. The van der Waals surface area contributed by atoms with Gasteiger partial charge in [-0.1, -0.05) is 18.2 Å². The van der Waals surface area contributed by atoms with E-state index < -0.39 is 0 Å². The number of benzene rings is 1. The number of nitrogen functional groups attached to an aromatic ring is 1. The van der Waals surface area contributed by atoms with Gasteiger partial charge in [-0.25, -0.2) is 14.5 Å². The van der Waals surface area contributed by atoms with Crippen LogP contribution in [0.4, 0.5) is 5.82 Å². The first-order valence-corrected chi connectivity index (χ1v) is 9.80. The molecule has 3 aromatic heterocycles. The van der Waals surface area contributed by atoms with E-state index in [1.807, 2.05) is 22.7 Å². The van der Waals surface area contributed by atoms with Crippen molar-refractivity contribution in [2.24, 2.45) is 5.92 Å². The summed E-state index contributed by atoms with van der Waals surface area (Å²) in [6, 6.07) is 10.2. The Bertz CT molecular complexity index is 1170. The summed E-state index contributed by atoms with van der Waals surface area (Å²) < 4.78 is 6.72. The Balaban J connectivity index is 1.57. The first kappa shape index (κ1) is 17.7. The maximum absolute atomic E-state index is 11.9. The minimum Gasteiger partial charge on any atom is -0.469 e. The van der Waals surface area contributed by atoms with Gasteiger partial charge in [0.2, 0.25) is 0 Å². The number of fused-ring (bicyclic) bond motifs is 2. The van der Waals surface area contributed by atoms with Crippen LogP contribution in [-0.4, -0.2) is 37.6 Å². The summed E-state index contributed by atoms with van der Waals surface area (Å²) in [5.41, 5.74) is 9.62. The van der Waals surface area contributed by atoms with Crippen LogP contribution in [0.15, 0.2) is 36.7 Å². The fourth-order valence-corrected chi connectivity index (χ4v) is 4.38. The normalized spacial score (nSPS) is 19.6. The number of nitrogens with two attached hydrogens (primary N) is 1. The van der Waals surface area contributed by atoms with E-state index in [0.717, 1.165) is 53.8 Å². The monoisotopic (exact) mass is 390 g/mol. The molecule has 0 spiro atoms. The van der Waals surface area contributed by atoms with Crippen molar-refractivity contribution in [3.8, 4) is 11.4 Å². The summed E-state index contributed by atoms with van der Waals surface area (Å²) in [6.07, 6.45) is 4.75. The summed E-state index contributed by atoms with van der Waals surface area (Å²) >= 11 is 0. The van der Waals surface area contributed by atoms with Gasteiger partial charge in [0, 0.05) is 16.8 Å². The number of aromatic amines is 1. The maximum atomic E-state index is 11.9. The second-order valence-corrected chi connectivity index (χ2v) is 7.57. The molecule has 148 valence electrons. The molecule has 0 saturated heterocycles. The third-order valence-corrected chi connectivity index (χ3v) is 5.90. The van der Waals surface area contributed by atoms with E-state index in [4.69, 9.17) is 15.5 Å². The summed E-state index contributed by atoms with van der Waals surface area (Å²) in [5.74, 6) is 1.31. The molecule has 1 aliphatic rings. The zero-order valence-electron chi connectivity index (χ0n) is 16.1. The van der Waals surface area contributed by atoms with Gasteiger partial charge in [-0.05, 0) is 37.8 Å². The lowest BCUT2D eigenvalue weighted by atomic mass is 9.81. The Morgan fingerprint density at radius 2 is 2.03 bits per heavy atom. The first-order chi connectivity index (χ1) is 14.2. The molecule has 29 heavy (non-hydrogen) atoms. The zero-order chi connectivity index (χ0) is 20.0. The van der Waals surface area contributed by atoms with Crippen LogP contribution in [-0.2, 0) is 9.53 Å². The van der Waals surface area contributed by atoms with Crippen molar-refractivity contribution >= 4 is 28.2 Å². The maximum Gasteiger partial charge on any atom is 0.308 e. The number of anilines is 1. The molecule has 5 rings (SSSR count). The molecule has 1 aromatic carbocycles. The van der Waals surface area contributed by atoms with Crippen LogP contribution in [0.3, 0.4) is 0 Å². The highest BCUT2D eigenvalue weighted by molar-refractivity contribution is 5.91. The van der Waals surface area contributed by atoms with Crippen LogP contribution >= 0.6 is 0 Å². The number of hydrogen-bond donors (Lipinski definition) is 2. The molecule has 0 unspecified atom stereocenters. The lowest BCUT2D eigenvalue weighted by Gasteiger charge is -2.25. The Labute approximate surface area is 167 Å². The molecule has 1 saturated carbocycles. The molecule has 1 aliphatic carbocycles. The number of rotatable bonds is 3.